The summed E-state index contributed by atoms with van der Waals surface area (Å²) in [5.74, 6) is 0. The van der Waals surface area contributed by atoms with E-state index in [4.69, 9.17) is 0 Å². The average Bonchev–Trinajstić information content (AvgIpc) is 2.49. The van der Waals surface area contributed by atoms with Crippen LogP contribution in [-0.4, -0.2) is 23.4 Å². The van der Waals surface area contributed by atoms with Crippen LogP contribution in [0.3, 0.4) is 0 Å². The second-order valence-electron chi connectivity index (χ2n) is 5.34. The van der Waals surface area contributed by atoms with Gasteiger partial charge in [-0.15, -0.1) is 0 Å². The summed E-state index contributed by atoms with van der Waals surface area (Å²) < 4.78 is 44.8. The molecule has 6 heteroatoms. The Morgan fingerprint density at radius 3 is 1.32 bits per heavy atom. The van der Waals surface area contributed by atoms with Gasteiger partial charge >= 0.3 is 129 Å². The second kappa shape index (κ2) is 6.37. The fourth-order valence-electron chi connectivity index (χ4n) is 2.18. The van der Waals surface area contributed by atoms with Crippen LogP contribution in [0.1, 0.15) is 11.1 Å². The third-order valence-corrected chi connectivity index (χ3v) is 6.03. The maximum atomic E-state index is 14.6. The Kier molecular flexibility index (Phi) is 4.90. The van der Waals surface area contributed by atoms with E-state index in [9.17, 15) is 12.6 Å². The molecule has 22 heavy (non-hydrogen) atoms. The summed E-state index contributed by atoms with van der Waals surface area (Å²) in [6.45, 7) is -0.275. The van der Waals surface area contributed by atoms with Crippen molar-refractivity contribution in [3.05, 3.63) is 71.8 Å². The second-order valence-corrected chi connectivity index (χ2v) is 8.17. The number of benzene rings is 2. The number of rotatable bonds is 6. The summed E-state index contributed by atoms with van der Waals surface area (Å²) >= 11 is 0. The summed E-state index contributed by atoms with van der Waals surface area (Å²) in [6, 6.07) is 17.4. The molecule has 0 saturated heterocycles. The van der Waals surface area contributed by atoms with Gasteiger partial charge in [0.2, 0.25) is 0 Å². The normalized spacial score (nSPS) is 14.0. The van der Waals surface area contributed by atoms with E-state index in [2.05, 4.69) is 0 Å². The molecule has 0 aliphatic rings. The molecule has 0 radical (unpaired) electrons. The first-order valence-electron chi connectivity index (χ1n) is 6.96. The van der Waals surface area contributed by atoms with Crippen molar-refractivity contribution in [3.63, 3.8) is 0 Å². The van der Waals surface area contributed by atoms with E-state index in [0.29, 0.717) is 20.5 Å². The third-order valence-electron chi connectivity index (χ3n) is 3.59. The molecule has 0 aromatic heterocycles. The zero-order valence-electron chi connectivity index (χ0n) is 12.7. The number of halogens is 3. The fourth-order valence-corrected chi connectivity index (χ4v) is 3.47. The van der Waals surface area contributed by atoms with Crippen molar-refractivity contribution in [1.82, 2.24) is 9.34 Å². The van der Waals surface area contributed by atoms with Crippen molar-refractivity contribution in [3.8, 4) is 0 Å². The van der Waals surface area contributed by atoms with Crippen molar-refractivity contribution >= 4 is 7.84 Å². The molecular formula is C16H20F3N2P. The summed E-state index contributed by atoms with van der Waals surface area (Å²) in [4.78, 5) is 0. The summed E-state index contributed by atoms with van der Waals surface area (Å²) in [7, 11) is -4.33. The molecule has 0 fully saturated rings. The Labute approximate surface area is 129 Å². The molecule has 0 N–H and O–H groups in total. The van der Waals surface area contributed by atoms with E-state index in [1.54, 1.807) is 60.7 Å². The van der Waals surface area contributed by atoms with Crippen LogP contribution >= 0.6 is 7.84 Å². The quantitative estimate of drug-likeness (QED) is 0.665. The molecule has 2 rings (SSSR count). The van der Waals surface area contributed by atoms with Gasteiger partial charge in [-0.3, -0.25) is 0 Å². The molecule has 0 atom stereocenters. The molecule has 2 aromatic rings. The van der Waals surface area contributed by atoms with E-state index in [0.717, 1.165) is 14.1 Å². The maximum absolute atomic E-state index is 14.6. The Morgan fingerprint density at radius 1 is 0.682 bits per heavy atom. The summed E-state index contributed by atoms with van der Waals surface area (Å²) in [5.41, 5.74) is 1.31. The van der Waals surface area contributed by atoms with Crippen LogP contribution in [0.4, 0.5) is 12.6 Å². The van der Waals surface area contributed by atoms with Crippen molar-refractivity contribution in [2.75, 3.05) is 14.1 Å². The van der Waals surface area contributed by atoms with Gasteiger partial charge < -0.3 is 0 Å². The van der Waals surface area contributed by atoms with Crippen LogP contribution in [0.5, 0.6) is 0 Å². The first-order valence-corrected chi connectivity index (χ1v) is 8.78. The minimum atomic E-state index is -6.59. The van der Waals surface area contributed by atoms with Crippen LogP contribution in [-0.2, 0) is 13.1 Å². The van der Waals surface area contributed by atoms with Gasteiger partial charge in [0, 0.05) is 0 Å². The Balaban J connectivity index is 2.13. The molecular weight excluding hydrogens is 308 g/mol. The van der Waals surface area contributed by atoms with Gasteiger partial charge in [-0.2, -0.15) is 0 Å². The van der Waals surface area contributed by atoms with Gasteiger partial charge in [0.1, 0.15) is 0 Å². The topological polar surface area (TPSA) is 6.48 Å². The van der Waals surface area contributed by atoms with Gasteiger partial charge in [-0.05, 0) is 0 Å². The zero-order valence-corrected chi connectivity index (χ0v) is 13.6. The summed E-state index contributed by atoms with van der Waals surface area (Å²) in [6.07, 6.45) is 0. The molecule has 0 bridgehead atoms. The molecule has 2 nitrogen and oxygen atoms in total. The Hall–Kier alpha value is -1.42. The zero-order chi connectivity index (χ0) is 16.2. The number of hydrogen-bond donors (Lipinski definition) is 0. The van der Waals surface area contributed by atoms with Crippen LogP contribution in [0.2, 0.25) is 0 Å². The fraction of sp³-hybridized carbons (Fsp3) is 0.250. The van der Waals surface area contributed by atoms with E-state index >= 15 is 0 Å². The molecule has 120 valence electrons. The number of hydrogen-bond acceptors (Lipinski definition) is 2. The molecule has 0 unspecified atom stereocenters. The van der Waals surface area contributed by atoms with E-state index in [1.165, 1.54) is 0 Å². The van der Waals surface area contributed by atoms with Crippen molar-refractivity contribution in [2.45, 2.75) is 13.1 Å². The molecule has 0 spiro atoms. The van der Waals surface area contributed by atoms with Crippen molar-refractivity contribution in [1.29, 1.82) is 0 Å². The monoisotopic (exact) mass is 328 g/mol. The molecule has 0 heterocycles. The Morgan fingerprint density at radius 2 is 1.00 bits per heavy atom. The van der Waals surface area contributed by atoms with Crippen LogP contribution in [0.25, 0.3) is 0 Å². The van der Waals surface area contributed by atoms with Gasteiger partial charge in [0.05, 0.1) is 0 Å². The van der Waals surface area contributed by atoms with Crippen molar-refractivity contribution in [2.24, 2.45) is 0 Å². The minimum absolute atomic E-state index is 0.138. The third kappa shape index (κ3) is 3.86. The van der Waals surface area contributed by atoms with E-state index < -0.39 is 7.84 Å². The average molecular weight is 328 g/mol. The van der Waals surface area contributed by atoms with Gasteiger partial charge in [0.25, 0.3) is 0 Å². The van der Waals surface area contributed by atoms with Crippen LogP contribution < -0.4 is 0 Å². The SMILES string of the molecule is CN(Cc1ccccc1)P(F)(F)(F)N(C)Cc1ccccc1. The molecule has 2 aromatic carbocycles. The van der Waals surface area contributed by atoms with Crippen LogP contribution in [0.15, 0.2) is 60.7 Å². The predicted octanol–water partition coefficient (Wildman–Crippen LogP) is 5.29. The van der Waals surface area contributed by atoms with E-state index in [-0.39, 0.29) is 13.1 Å². The standard InChI is InChI=1S/C16H20F3N2P/c1-20(13-15-9-5-3-6-10-15)22(17,18,19)21(2)14-16-11-7-4-8-12-16/h3-12H,13-14H2,1-2H3. The van der Waals surface area contributed by atoms with Gasteiger partial charge in [0.15, 0.2) is 0 Å². The van der Waals surface area contributed by atoms with Gasteiger partial charge in [-0.25, -0.2) is 0 Å². The molecule has 0 saturated carbocycles. The number of nitrogens with zero attached hydrogens (tertiary/aromatic N) is 2. The first-order chi connectivity index (χ1) is 10.3. The summed E-state index contributed by atoms with van der Waals surface area (Å²) in [5, 5.41) is 0. The van der Waals surface area contributed by atoms with E-state index in [1.807, 2.05) is 0 Å². The van der Waals surface area contributed by atoms with Crippen molar-refractivity contribution < 1.29 is 12.6 Å². The van der Waals surface area contributed by atoms with Gasteiger partial charge in [-0.1, -0.05) is 0 Å². The molecule has 0 aliphatic carbocycles. The molecule has 0 aliphatic heterocycles. The first kappa shape index (κ1) is 16.9. The molecule has 0 amide bonds. The predicted molar refractivity (Wildman–Crippen MR) is 86.1 cm³/mol. The van der Waals surface area contributed by atoms with Crippen LogP contribution in [0, 0.1) is 0 Å². The Bertz CT molecular complexity index is 548.